The molecule has 0 spiro atoms. The summed E-state index contributed by atoms with van der Waals surface area (Å²) in [6, 6.07) is 21.3. The Hall–Kier alpha value is -5.12. The summed E-state index contributed by atoms with van der Waals surface area (Å²) in [4.78, 5) is 54.9. The van der Waals surface area contributed by atoms with E-state index in [1.54, 1.807) is 42.4 Å². The minimum absolute atomic E-state index is 0.0119. The summed E-state index contributed by atoms with van der Waals surface area (Å²) in [5.74, 6) is -0.926. The van der Waals surface area contributed by atoms with Gasteiger partial charge in [0.05, 0.1) is 19.8 Å². The molecule has 1 aliphatic heterocycles. The molecule has 3 amide bonds. The van der Waals surface area contributed by atoms with Crippen molar-refractivity contribution >= 4 is 23.7 Å². The molecular weight excluding hydrogens is 562 g/mol. The van der Waals surface area contributed by atoms with Gasteiger partial charge in [0.25, 0.3) is 5.91 Å². The Morgan fingerprint density at radius 2 is 1.61 bits per heavy atom. The molecular formula is C34H37N3O7. The Morgan fingerprint density at radius 1 is 0.886 bits per heavy atom. The van der Waals surface area contributed by atoms with Crippen molar-refractivity contribution in [3.05, 3.63) is 108 Å². The van der Waals surface area contributed by atoms with Crippen molar-refractivity contribution < 1.29 is 33.4 Å². The maximum Gasteiger partial charge on any atom is 0.328 e. The molecule has 1 aliphatic rings. The van der Waals surface area contributed by atoms with E-state index in [-0.39, 0.29) is 43.9 Å². The zero-order chi connectivity index (χ0) is 31.3. The number of para-hydroxylation sites is 1. The highest BCUT2D eigenvalue weighted by Gasteiger charge is 2.29. The van der Waals surface area contributed by atoms with Gasteiger partial charge in [0.2, 0.25) is 11.8 Å². The molecule has 0 fully saturated rings. The third-order valence-electron chi connectivity index (χ3n) is 7.20. The second kappa shape index (κ2) is 15.9. The first-order valence-corrected chi connectivity index (χ1v) is 14.4. The molecule has 10 heteroatoms. The van der Waals surface area contributed by atoms with Crippen molar-refractivity contribution in [2.75, 3.05) is 27.4 Å². The molecule has 10 nitrogen and oxygen atoms in total. The van der Waals surface area contributed by atoms with Crippen molar-refractivity contribution in [1.82, 2.24) is 15.5 Å². The van der Waals surface area contributed by atoms with Crippen LogP contribution in [-0.4, -0.2) is 68.0 Å². The topological polar surface area (TPSA) is 123 Å². The summed E-state index contributed by atoms with van der Waals surface area (Å²) in [7, 11) is 2.81. The summed E-state index contributed by atoms with van der Waals surface area (Å²) in [6.45, 7) is 0.766. The number of rotatable bonds is 6. The molecule has 0 saturated heterocycles. The molecule has 230 valence electrons. The number of ether oxygens (including phenoxy) is 3. The van der Waals surface area contributed by atoms with Crippen LogP contribution in [0, 0.1) is 0 Å². The van der Waals surface area contributed by atoms with Crippen LogP contribution in [0.3, 0.4) is 0 Å². The fraction of sp³-hybridized carbons (Fsp3) is 0.294. The lowest BCUT2D eigenvalue weighted by Crippen LogP contribution is -2.53. The lowest BCUT2D eigenvalue weighted by molar-refractivity contribution is -0.145. The standard InChI is InChI=1S/C34H37N3O7/c1-42-26-16-14-25(15-17-26)23-37-20-8-9-21-44-30-13-7-6-12-27(30)32(39)36-29(22-24-10-4-3-5-11-24)33(40)35-28(34(41)43-2)18-19-31(37)38/h3-17,28-29H,18-23H2,1-2H3,(H,35,40)(H,36,39). The van der Waals surface area contributed by atoms with E-state index in [9.17, 15) is 19.2 Å². The summed E-state index contributed by atoms with van der Waals surface area (Å²) < 4.78 is 16.1. The minimum Gasteiger partial charge on any atom is -0.497 e. The number of benzene rings is 3. The van der Waals surface area contributed by atoms with Crippen molar-refractivity contribution in [2.45, 2.75) is 37.9 Å². The van der Waals surface area contributed by atoms with E-state index in [1.165, 1.54) is 7.11 Å². The molecule has 0 aromatic heterocycles. The second-order valence-electron chi connectivity index (χ2n) is 10.2. The quantitative estimate of drug-likeness (QED) is 0.329. The first-order chi connectivity index (χ1) is 21.4. The number of hydrogen-bond acceptors (Lipinski definition) is 7. The number of carbonyl (C=O) groups is 4. The Labute approximate surface area is 257 Å². The highest BCUT2D eigenvalue weighted by atomic mass is 16.5. The normalized spacial score (nSPS) is 18.2. The minimum atomic E-state index is -1.10. The van der Waals surface area contributed by atoms with Crippen LogP contribution in [0.4, 0.5) is 0 Å². The van der Waals surface area contributed by atoms with Gasteiger partial charge in [-0.25, -0.2) is 4.79 Å². The largest absolute Gasteiger partial charge is 0.497 e. The van der Waals surface area contributed by atoms with Crippen LogP contribution in [0.2, 0.25) is 0 Å². The van der Waals surface area contributed by atoms with Crippen molar-refractivity contribution in [3.63, 3.8) is 0 Å². The van der Waals surface area contributed by atoms with Gasteiger partial charge in [0, 0.05) is 25.9 Å². The van der Waals surface area contributed by atoms with Crippen LogP contribution in [0.15, 0.2) is 91.0 Å². The second-order valence-corrected chi connectivity index (χ2v) is 10.2. The summed E-state index contributed by atoms with van der Waals surface area (Å²) >= 11 is 0. The predicted octanol–water partition coefficient (Wildman–Crippen LogP) is 3.45. The van der Waals surface area contributed by atoms with E-state index in [2.05, 4.69) is 10.6 Å². The van der Waals surface area contributed by atoms with Gasteiger partial charge < -0.3 is 29.7 Å². The fourth-order valence-electron chi connectivity index (χ4n) is 4.78. The number of nitrogens with one attached hydrogen (secondary N) is 2. The van der Waals surface area contributed by atoms with E-state index in [4.69, 9.17) is 14.2 Å². The average molecular weight is 600 g/mol. The lowest BCUT2D eigenvalue weighted by atomic mass is 10.0. The number of fused-ring (bicyclic) bond motifs is 1. The Balaban J connectivity index is 1.63. The van der Waals surface area contributed by atoms with Gasteiger partial charge >= 0.3 is 5.97 Å². The molecule has 4 rings (SSSR count). The van der Waals surface area contributed by atoms with E-state index < -0.39 is 29.9 Å². The molecule has 0 bridgehead atoms. The molecule has 2 unspecified atom stereocenters. The highest BCUT2D eigenvalue weighted by Crippen LogP contribution is 2.19. The van der Waals surface area contributed by atoms with E-state index in [0.717, 1.165) is 11.1 Å². The van der Waals surface area contributed by atoms with Gasteiger partial charge in [-0.3, -0.25) is 14.4 Å². The number of carbonyl (C=O) groups excluding carboxylic acids is 4. The maximum atomic E-state index is 13.6. The first kappa shape index (κ1) is 31.8. The van der Waals surface area contributed by atoms with Crippen LogP contribution in [0.1, 0.15) is 34.3 Å². The number of esters is 1. The summed E-state index contributed by atoms with van der Waals surface area (Å²) in [5.41, 5.74) is 1.97. The van der Waals surface area contributed by atoms with Crippen LogP contribution in [-0.2, 0) is 32.1 Å². The first-order valence-electron chi connectivity index (χ1n) is 14.4. The van der Waals surface area contributed by atoms with Gasteiger partial charge in [0.15, 0.2) is 0 Å². The predicted molar refractivity (Wildman–Crippen MR) is 164 cm³/mol. The molecule has 0 radical (unpaired) electrons. The van der Waals surface area contributed by atoms with Crippen LogP contribution >= 0.6 is 0 Å². The number of amides is 3. The number of methoxy groups -OCH3 is 2. The monoisotopic (exact) mass is 599 g/mol. The van der Waals surface area contributed by atoms with Gasteiger partial charge in [-0.1, -0.05) is 60.7 Å². The number of hydrogen-bond donors (Lipinski definition) is 2. The molecule has 2 atom stereocenters. The highest BCUT2D eigenvalue weighted by molar-refractivity contribution is 6.00. The van der Waals surface area contributed by atoms with Crippen molar-refractivity contribution in [1.29, 1.82) is 0 Å². The molecule has 3 aromatic carbocycles. The maximum absolute atomic E-state index is 13.6. The summed E-state index contributed by atoms with van der Waals surface area (Å²) in [5, 5.41) is 5.53. The van der Waals surface area contributed by atoms with Crippen LogP contribution in [0.25, 0.3) is 0 Å². The van der Waals surface area contributed by atoms with Crippen molar-refractivity contribution in [2.24, 2.45) is 0 Å². The summed E-state index contributed by atoms with van der Waals surface area (Å²) in [6.07, 6.45) is 3.76. The fourth-order valence-corrected chi connectivity index (χ4v) is 4.78. The molecule has 3 aromatic rings. The Morgan fingerprint density at radius 3 is 2.34 bits per heavy atom. The van der Waals surface area contributed by atoms with E-state index >= 15 is 0 Å². The third kappa shape index (κ3) is 8.94. The molecule has 1 heterocycles. The van der Waals surface area contributed by atoms with Gasteiger partial charge in [0.1, 0.15) is 30.2 Å². The molecule has 0 aliphatic carbocycles. The van der Waals surface area contributed by atoms with E-state index in [0.29, 0.717) is 18.0 Å². The smallest absolute Gasteiger partial charge is 0.328 e. The molecule has 2 N–H and O–H groups in total. The average Bonchev–Trinajstić information content (AvgIpc) is 3.05. The van der Waals surface area contributed by atoms with Gasteiger partial charge in [-0.15, -0.1) is 0 Å². The zero-order valence-electron chi connectivity index (χ0n) is 24.9. The number of nitrogens with zero attached hydrogens (tertiary/aromatic N) is 1. The lowest BCUT2D eigenvalue weighted by Gasteiger charge is -2.24. The SMILES string of the molecule is COC(=O)C1CCC(=O)N(Cc2ccc(OC)cc2)CC=CCOc2ccccc2C(=O)NC(Cc2ccccc2)C(=O)N1. The van der Waals surface area contributed by atoms with Gasteiger partial charge in [-0.2, -0.15) is 0 Å². The third-order valence-corrected chi connectivity index (χ3v) is 7.20. The van der Waals surface area contributed by atoms with Crippen LogP contribution in [0.5, 0.6) is 11.5 Å². The Kier molecular flexibility index (Phi) is 11.5. The van der Waals surface area contributed by atoms with E-state index in [1.807, 2.05) is 60.7 Å². The van der Waals surface area contributed by atoms with Gasteiger partial charge in [-0.05, 0) is 47.9 Å². The zero-order valence-corrected chi connectivity index (χ0v) is 24.9. The molecule has 44 heavy (non-hydrogen) atoms. The molecule has 0 saturated carbocycles. The van der Waals surface area contributed by atoms with Crippen molar-refractivity contribution in [3.8, 4) is 11.5 Å². The Bertz CT molecular complexity index is 1460. The van der Waals surface area contributed by atoms with Crippen LogP contribution < -0.4 is 20.1 Å².